The predicted octanol–water partition coefficient (Wildman–Crippen LogP) is 3.66. The lowest BCUT2D eigenvalue weighted by Gasteiger charge is -2.17. The SMILES string of the molecule is COc1cc2ccc(C(C)(C)C#N)cc2cc1OC. The monoisotopic (exact) mass is 255 g/mol. The van der Waals surface area contributed by atoms with Crippen LogP contribution in [-0.4, -0.2) is 14.2 Å². The Kier molecular flexibility index (Phi) is 3.35. The van der Waals surface area contributed by atoms with Crippen molar-refractivity contribution in [3.05, 3.63) is 35.9 Å². The standard InChI is InChI=1S/C16H17NO2/c1-16(2,10-17)13-6-5-11-8-14(18-3)15(19-4)9-12(11)7-13/h5-9H,1-4H3. The van der Waals surface area contributed by atoms with Gasteiger partial charge in [-0.1, -0.05) is 12.1 Å². The lowest BCUT2D eigenvalue weighted by molar-refractivity contribution is 0.356. The highest BCUT2D eigenvalue weighted by molar-refractivity contribution is 5.87. The van der Waals surface area contributed by atoms with Crippen LogP contribution >= 0.6 is 0 Å². The van der Waals surface area contributed by atoms with Crippen molar-refractivity contribution < 1.29 is 9.47 Å². The summed E-state index contributed by atoms with van der Waals surface area (Å²) in [5.74, 6) is 1.41. The molecule has 0 bridgehead atoms. The summed E-state index contributed by atoms with van der Waals surface area (Å²) >= 11 is 0. The minimum absolute atomic E-state index is 0.499. The number of nitriles is 1. The molecule has 0 atom stereocenters. The number of hydrogen-bond acceptors (Lipinski definition) is 3. The molecule has 2 aromatic carbocycles. The third-order valence-corrected chi connectivity index (χ3v) is 3.34. The van der Waals surface area contributed by atoms with Crippen molar-refractivity contribution in [3.8, 4) is 17.6 Å². The van der Waals surface area contributed by atoms with Crippen molar-refractivity contribution in [1.82, 2.24) is 0 Å². The summed E-state index contributed by atoms with van der Waals surface area (Å²) in [4.78, 5) is 0. The van der Waals surface area contributed by atoms with Crippen LogP contribution in [0.1, 0.15) is 19.4 Å². The molecule has 0 spiro atoms. The number of nitrogens with zero attached hydrogens (tertiary/aromatic N) is 1. The van der Waals surface area contributed by atoms with Crippen molar-refractivity contribution in [1.29, 1.82) is 5.26 Å². The lowest BCUT2D eigenvalue weighted by Crippen LogP contribution is -2.13. The summed E-state index contributed by atoms with van der Waals surface area (Å²) < 4.78 is 10.6. The quantitative estimate of drug-likeness (QED) is 0.840. The summed E-state index contributed by atoms with van der Waals surface area (Å²) in [6.45, 7) is 3.82. The van der Waals surface area contributed by atoms with Gasteiger partial charge in [-0.3, -0.25) is 0 Å². The molecule has 98 valence electrons. The van der Waals surface area contributed by atoms with Gasteiger partial charge in [-0.25, -0.2) is 0 Å². The molecule has 0 fully saturated rings. The smallest absolute Gasteiger partial charge is 0.161 e. The Bertz CT molecular complexity index is 654. The van der Waals surface area contributed by atoms with Gasteiger partial charge in [0.1, 0.15) is 0 Å². The van der Waals surface area contributed by atoms with Gasteiger partial charge in [-0.05, 0) is 48.4 Å². The molecule has 2 rings (SSSR count). The number of methoxy groups -OCH3 is 2. The fraction of sp³-hybridized carbons (Fsp3) is 0.312. The molecule has 0 N–H and O–H groups in total. The first-order valence-electron chi connectivity index (χ1n) is 6.09. The second kappa shape index (κ2) is 4.81. The molecule has 0 radical (unpaired) electrons. The zero-order chi connectivity index (χ0) is 14.0. The Hall–Kier alpha value is -2.21. The average molecular weight is 255 g/mol. The van der Waals surface area contributed by atoms with Crippen LogP contribution in [0.25, 0.3) is 10.8 Å². The predicted molar refractivity (Wildman–Crippen MR) is 75.7 cm³/mol. The lowest BCUT2D eigenvalue weighted by atomic mass is 9.85. The largest absolute Gasteiger partial charge is 0.493 e. The molecule has 0 saturated heterocycles. The van der Waals surface area contributed by atoms with Gasteiger partial charge < -0.3 is 9.47 Å². The van der Waals surface area contributed by atoms with Crippen LogP contribution in [0.4, 0.5) is 0 Å². The summed E-state index contributed by atoms with van der Waals surface area (Å²) in [7, 11) is 3.24. The Morgan fingerprint density at radius 3 is 2.05 bits per heavy atom. The van der Waals surface area contributed by atoms with E-state index in [0.717, 1.165) is 16.3 Å². The summed E-state index contributed by atoms with van der Waals surface area (Å²) in [6.07, 6.45) is 0. The van der Waals surface area contributed by atoms with Crippen molar-refractivity contribution in [2.75, 3.05) is 14.2 Å². The van der Waals surface area contributed by atoms with Crippen LogP contribution in [0.5, 0.6) is 11.5 Å². The van der Waals surface area contributed by atoms with Crippen LogP contribution in [0.15, 0.2) is 30.3 Å². The van der Waals surface area contributed by atoms with Gasteiger partial charge >= 0.3 is 0 Å². The van der Waals surface area contributed by atoms with E-state index in [9.17, 15) is 5.26 Å². The van der Waals surface area contributed by atoms with E-state index in [0.29, 0.717) is 11.5 Å². The van der Waals surface area contributed by atoms with E-state index in [4.69, 9.17) is 9.47 Å². The van der Waals surface area contributed by atoms with Gasteiger partial charge in [0.25, 0.3) is 0 Å². The maximum absolute atomic E-state index is 9.21. The zero-order valence-electron chi connectivity index (χ0n) is 11.7. The Balaban J connectivity index is 2.64. The first-order chi connectivity index (χ1) is 9.01. The third kappa shape index (κ3) is 2.34. The molecule has 0 unspecified atom stereocenters. The van der Waals surface area contributed by atoms with E-state index in [2.05, 4.69) is 6.07 Å². The average Bonchev–Trinajstić information content (AvgIpc) is 2.44. The molecule has 0 aliphatic heterocycles. The normalized spacial score (nSPS) is 11.1. The minimum atomic E-state index is -0.499. The first-order valence-corrected chi connectivity index (χ1v) is 6.09. The molecule has 19 heavy (non-hydrogen) atoms. The van der Waals surface area contributed by atoms with Gasteiger partial charge in [0.15, 0.2) is 11.5 Å². The number of hydrogen-bond donors (Lipinski definition) is 0. The fourth-order valence-corrected chi connectivity index (χ4v) is 2.03. The summed E-state index contributed by atoms with van der Waals surface area (Å²) in [6, 6.07) is 12.2. The van der Waals surface area contributed by atoms with Gasteiger partial charge in [0.2, 0.25) is 0 Å². The van der Waals surface area contributed by atoms with Crippen LogP contribution in [0, 0.1) is 11.3 Å². The minimum Gasteiger partial charge on any atom is -0.493 e. The molecule has 0 heterocycles. The number of benzene rings is 2. The number of rotatable bonds is 3. The third-order valence-electron chi connectivity index (χ3n) is 3.34. The maximum Gasteiger partial charge on any atom is 0.161 e. The maximum atomic E-state index is 9.21. The number of ether oxygens (including phenoxy) is 2. The van der Waals surface area contributed by atoms with Crippen molar-refractivity contribution in [3.63, 3.8) is 0 Å². The molecule has 0 amide bonds. The highest BCUT2D eigenvalue weighted by Crippen LogP contribution is 2.34. The van der Waals surface area contributed by atoms with Crippen LogP contribution in [-0.2, 0) is 5.41 Å². The van der Waals surface area contributed by atoms with Gasteiger partial charge in [-0.15, -0.1) is 0 Å². The molecule has 0 aliphatic rings. The Morgan fingerprint density at radius 1 is 0.947 bits per heavy atom. The highest BCUT2D eigenvalue weighted by Gasteiger charge is 2.20. The molecule has 0 saturated carbocycles. The Morgan fingerprint density at radius 2 is 1.53 bits per heavy atom. The molecular weight excluding hydrogens is 238 g/mol. The van der Waals surface area contributed by atoms with Crippen molar-refractivity contribution in [2.24, 2.45) is 0 Å². The summed E-state index contributed by atoms with van der Waals surface area (Å²) in [5.41, 5.74) is 0.496. The van der Waals surface area contributed by atoms with E-state index >= 15 is 0 Å². The van der Waals surface area contributed by atoms with Gasteiger partial charge in [-0.2, -0.15) is 5.26 Å². The van der Waals surface area contributed by atoms with E-state index < -0.39 is 5.41 Å². The molecule has 3 heteroatoms. The fourth-order valence-electron chi connectivity index (χ4n) is 2.03. The molecule has 0 aliphatic carbocycles. The van der Waals surface area contributed by atoms with Crippen LogP contribution in [0.3, 0.4) is 0 Å². The van der Waals surface area contributed by atoms with E-state index in [1.54, 1.807) is 14.2 Å². The number of fused-ring (bicyclic) bond motifs is 1. The van der Waals surface area contributed by atoms with Gasteiger partial charge in [0, 0.05) is 0 Å². The molecular formula is C16H17NO2. The second-order valence-corrected chi connectivity index (χ2v) is 5.01. The van der Waals surface area contributed by atoms with Crippen molar-refractivity contribution >= 4 is 10.8 Å². The van der Waals surface area contributed by atoms with E-state index in [1.807, 2.05) is 44.2 Å². The second-order valence-electron chi connectivity index (χ2n) is 5.01. The molecule has 0 aromatic heterocycles. The summed E-state index contributed by atoms with van der Waals surface area (Å²) in [5, 5.41) is 11.3. The van der Waals surface area contributed by atoms with E-state index in [-0.39, 0.29) is 0 Å². The van der Waals surface area contributed by atoms with E-state index in [1.165, 1.54) is 0 Å². The zero-order valence-corrected chi connectivity index (χ0v) is 11.7. The van der Waals surface area contributed by atoms with Gasteiger partial charge in [0.05, 0.1) is 25.7 Å². The molecule has 2 aromatic rings. The molecule has 3 nitrogen and oxygen atoms in total. The highest BCUT2D eigenvalue weighted by atomic mass is 16.5. The van der Waals surface area contributed by atoms with Crippen molar-refractivity contribution in [2.45, 2.75) is 19.3 Å². The van der Waals surface area contributed by atoms with Crippen LogP contribution in [0.2, 0.25) is 0 Å². The topological polar surface area (TPSA) is 42.2 Å². The first kappa shape index (κ1) is 13.2. The van der Waals surface area contributed by atoms with Crippen LogP contribution < -0.4 is 9.47 Å². The Labute approximate surface area is 113 Å².